The van der Waals surface area contributed by atoms with E-state index in [2.05, 4.69) is 4.74 Å². The Hall–Kier alpha value is -0.850. The van der Waals surface area contributed by atoms with Crippen LogP contribution in [0.2, 0.25) is 0 Å². The van der Waals surface area contributed by atoms with Gasteiger partial charge in [0.05, 0.1) is 19.3 Å². The Morgan fingerprint density at radius 2 is 1.75 bits per heavy atom. The highest BCUT2D eigenvalue weighted by Crippen LogP contribution is 2.02. The van der Waals surface area contributed by atoms with Gasteiger partial charge >= 0.3 is 6.16 Å². The van der Waals surface area contributed by atoms with Crippen LogP contribution in [0.1, 0.15) is 20.8 Å². The minimum absolute atomic E-state index is 0.0505. The number of aliphatic hydroxyl groups excluding tert-OH is 2. The quantitative estimate of drug-likeness (QED) is 0.495. The van der Waals surface area contributed by atoms with E-state index in [9.17, 15) is 4.79 Å². The number of carbonyl (C=O) groups excluding carboxylic acids is 1. The fraction of sp³-hybridized carbons (Fsp3) is 0.900. The van der Waals surface area contributed by atoms with E-state index in [1.807, 2.05) is 13.8 Å². The third-order valence-electron chi connectivity index (χ3n) is 1.68. The average molecular weight is 236 g/mol. The maximum absolute atomic E-state index is 11.1. The number of hydrogen-bond donors (Lipinski definition) is 2. The zero-order valence-electron chi connectivity index (χ0n) is 9.88. The van der Waals surface area contributed by atoms with Gasteiger partial charge in [0.2, 0.25) is 6.29 Å². The molecule has 0 aromatic rings. The molecule has 0 heterocycles. The summed E-state index contributed by atoms with van der Waals surface area (Å²) >= 11 is 0. The SMILES string of the molecule is CC(C)OC(C)OC(=O)OCC(CO)CO. The number of hydrogen-bond acceptors (Lipinski definition) is 6. The molecule has 0 radical (unpaired) electrons. The summed E-state index contributed by atoms with van der Waals surface area (Å²) in [7, 11) is 0. The van der Waals surface area contributed by atoms with Crippen molar-refractivity contribution in [2.75, 3.05) is 19.8 Å². The van der Waals surface area contributed by atoms with E-state index in [1.54, 1.807) is 6.92 Å². The normalized spacial score (nSPS) is 12.9. The minimum Gasteiger partial charge on any atom is -0.434 e. The Kier molecular flexibility index (Phi) is 7.88. The Morgan fingerprint density at radius 3 is 2.19 bits per heavy atom. The van der Waals surface area contributed by atoms with E-state index in [4.69, 9.17) is 19.7 Å². The molecular formula is C10H20O6. The van der Waals surface area contributed by atoms with Gasteiger partial charge in [0.15, 0.2) is 0 Å². The zero-order chi connectivity index (χ0) is 12.6. The van der Waals surface area contributed by atoms with Gasteiger partial charge in [0, 0.05) is 5.92 Å². The third kappa shape index (κ3) is 7.44. The number of ether oxygens (including phenoxy) is 3. The summed E-state index contributed by atoms with van der Waals surface area (Å²) in [5, 5.41) is 17.4. The smallest absolute Gasteiger partial charge is 0.434 e. The zero-order valence-corrected chi connectivity index (χ0v) is 9.88. The molecule has 2 N–H and O–H groups in total. The van der Waals surface area contributed by atoms with Crippen molar-refractivity contribution in [1.82, 2.24) is 0 Å². The molecule has 0 saturated carbocycles. The van der Waals surface area contributed by atoms with Gasteiger partial charge in [-0.15, -0.1) is 0 Å². The monoisotopic (exact) mass is 236 g/mol. The molecule has 1 unspecified atom stereocenters. The predicted octanol–water partition coefficient (Wildman–Crippen LogP) is 0.511. The molecule has 16 heavy (non-hydrogen) atoms. The van der Waals surface area contributed by atoms with E-state index >= 15 is 0 Å². The van der Waals surface area contributed by atoms with Crippen molar-refractivity contribution in [2.45, 2.75) is 33.2 Å². The van der Waals surface area contributed by atoms with Crippen molar-refractivity contribution in [3.63, 3.8) is 0 Å². The molecular weight excluding hydrogens is 216 g/mol. The molecule has 0 aromatic carbocycles. The molecule has 0 amide bonds. The Bertz CT molecular complexity index is 190. The van der Waals surface area contributed by atoms with Crippen LogP contribution >= 0.6 is 0 Å². The number of rotatable bonds is 7. The summed E-state index contributed by atoms with van der Waals surface area (Å²) in [4.78, 5) is 11.1. The molecule has 6 nitrogen and oxygen atoms in total. The van der Waals surface area contributed by atoms with Crippen LogP contribution in [0.3, 0.4) is 0 Å². The van der Waals surface area contributed by atoms with Crippen molar-refractivity contribution >= 4 is 6.16 Å². The molecule has 0 saturated heterocycles. The number of aliphatic hydroxyl groups is 2. The highest BCUT2D eigenvalue weighted by Gasteiger charge is 2.14. The van der Waals surface area contributed by atoms with Crippen LogP contribution in [0.25, 0.3) is 0 Å². The first-order valence-corrected chi connectivity index (χ1v) is 5.20. The molecule has 0 bridgehead atoms. The standard InChI is InChI=1S/C10H20O6/c1-7(2)15-8(3)16-10(13)14-6-9(4-11)5-12/h7-9,11-12H,4-6H2,1-3H3. The highest BCUT2D eigenvalue weighted by molar-refractivity contribution is 5.59. The summed E-state index contributed by atoms with van der Waals surface area (Å²) < 4.78 is 14.6. The first-order chi connectivity index (χ1) is 7.49. The lowest BCUT2D eigenvalue weighted by Gasteiger charge is -2.17. The van der Waals surface area contributed by atoms with E-state index in [-0.39, 0.29) is 25.9 Å². The van der Waals surface area contributed by atoms with Crippen molar-refractivity contribution in [3.05, 3.63) is 0 Å². The molecule has 0 aromatic heterocycles. The highest BCUT2D eigenvalue weighted by atomic mass is 16.8. The molecule has 0 aliphatic heterocycles. The van der Waals surface area contributed by atoms with Gasteiger partial charge in [-0.05, 0) is 20.8 Å². The summed E-state index contributed by atoms with van der Waals surface area (Å²) in [6.45, 7) is 4.64. The van der Waals surface area contributed by atoms with Crippen LogP contribution in [-0.2, 0) is 14.2 Å². The van der Waals surface area contributed by atoms with Gasteiger partial charge in [-0.25, -0.2) is 4.79 Å². The molecule has 0 fully saturated rings. The van der Waals surface area contributed by atoms with Crippen molar-refractivity contribution in [3.8, 4) is 0 Å². The van der Waals surface area contributed by atoms with Crippen LogP contribution in [0.15, 0.2) is 0 Å². The maximum Gasteiger partial charge on any atom is 0.510 e. The second kappa shape index (κ2) is 8.32. The van der Waals surface area contributed by atoms with Gasteiger partial charge in [0.25, 0.3) is 0 Å². The first kappa shape index (κ1) is 15.2. The summed E-state index contributed by atoms with van der Waals surface area (Å²) in [5.74, 6) is -0.478. The Balaban J connectivity index is 3.73. The molecule has 0 aliphatic carbocycles. The van der Waals surface area contributed by atoms with Crippen molar-refractivity contribution in [1.29, 1.82) is 0 Å². The third-order valence-corrected chi connectivity index (χ3v) is 1.68. The number of carbonyl (C=O) groups is 1. The minimum atomic E-state index is -0.875. The lowest BCUT2D eigenvalue weighted by molar-refractivity contribution is -0.133. The molecule has 6 heteroatoms. The summed E-state index contributed by atoms with van der Waals surface area (Å²) in [6.07, 6.45) is -1.61. The van der Waals surface area contributed by atoms with Gasteiger partial charge in [-0.3, -0.25) is 0 Å². The fourth-order valence-electron chi connectivity index (χ4n) is 0.930. The molecule has 0 spiro atoms. The molecule has 1 atom stereocenters. The molecule has 0 rings (SSSR count). The lowest BCUT2D eigenvalue weighted by Crippen LogP contribution is -2.25. The maximum atomic E-state index is 11.1. The fourth-order valence-corrected chi connectivity index (χ4v) is 0.930. The van der Waals surface area contributed by atoms with Crippen LogP contribution in [0, 0.1) is 5.92 Å². The van der Waals surface area contributed by atoms with E-state index in [0.29, 0.717) is 0 Å². The van der Waals surface area contributed by atoms with Crippen LogP contribution in [0.5, 0.6) is 0 Å². The summed E-state index contributed by atoms with van der Waals surface area (Å²) in [6, 6.07) is 0. The van der Waals surface area contributed by atoms with Gasteiger partial charge in [-0.1, -0.05) is 0 Å². The van der Waals surface area contributed by atoms with Gasteiger partial charge < -0.3 is 24.4 Å². The largest absolute Gasteiger partial charge is 0.510 e. The van der Waals surface area contributed by atoms with E-state index in [1.165, 1.54) is 0 Å². The second-order valence-corrected chi connectivity index (χ2v) is 3.66. The topological polar surface area (TPSA) is 85.2 Å². The van der Waals surface area contributed by atoms with Crippen molar-refractivity contribution in [2.24, 2.45) is 5.92 Å². The molecule has 0 aliphatic rings. The Labute approximate surface area is 95.1 Å². The van der Waals surface area contributed by atoms with Crippen LogP contribution in [-0.4, -0.2) is 48.6 Å². The van der Waals surface area contributed by atoms with Crippen LogP contribution in [0.4, 0.5) is 4.79 Å². The Morgan fingerprint density at radius 1 is 1.19 bits per heavy atom. The second-order valence-electron chi connectivity index (χ2n) is 3.66. The van der Waals surface area contributed by atoms with Crippen molar-refractivity contribution < 1.29 is 29.2 Å². The van der Waals surface area contributed by atoms with Crippen LogP contribution < -0.4 is 0 Å². The first-order valence-electron chi connectivity index (χ1n) is 5.20. The van der Waals surface area contributed by atoms with Gasteiger partial charge in [0.1, 0.15) is 6.61 Å². The molecule has 96 valence electrons. The lowest BCUT2D eigenvalue weighted by atomic mass is 10.2. The van der Waals surface area contributed by atoms with E-state index in [0.717, 1.165) is 0 Å². The average Bonchev–Trinajstić information content (AvgIpc) is 2.17. The summed E-state index contributed by atoms with van der Waals surface area (Å²) in [5.41, 5.74) is 0. The predicted molar refractivity (Wildman–Crippen MR) is 55.8 cm³/mol. The van der Waals surface area contributed by atoms with Gasteiger partial charge in [-0.2, -0.15) is 0 Å². The van der Waals surface area contributed by atoms with E-state index < -0.39 is 18.4 Å².